The van der Waals surface area contributed by atoms with E-state index in [4.69, 9.17) is 31.5 Å². The Bertz CT molecular complexity index is 1410. The molecule has 0 amide bonds. The maximum Gasteiger partial charge on any atom is 0.292 e. The van der Waals surface area contributed by atoms with Crippen molar-refractivity contribution in [1.29, 1.82) is 0 Å². The Morgan fingerprint density at radius 1 is 1.26 bits per heavy atom. The first-order valence-electron chi connectivity index (χ1n) is 10.5. The Labute approximate surface area is 197 Å². The number of fused-ring (bicyclic) bond motifs is 2. The molecule has 1 saturated heterocycles. The van der Waals surface area contributed by atoms with Crippen LogP contribution in [-0.2, 0) is 9.47 Å². The fourth-order valence-electron chi connectivity index (χ4n) is 4.30. The molecule has 2 aliphatic rings. The number of rotatable bonds is 4. The molecule has 0 radical (unpaired) electrons. The first-order valence-corrected chi connectivity index (χ1v) is 10.9. The molecule has 2 N–H and O–H groups in total. The summed E-state index contributed by atoms with van der Waals surface area (Å²) in [5.74, 6) is -2.81. The molecule has 1 fully saturated rings. The zero-order chi connectivity index (χ0) is 24.4. The number of aromatic nitrogens is 3. The van der Waals surface area contributed by atoms with E-state index in [-0.39, 0.29) is 17.7 Å². The van der Waals surface area contributed by atoms with Gasteiger partial charge < -0.3 is 19.9 Å². The highest BCUT2D eigenvalue weighted by Gasteiger charge is 2.51. The monoisotopic (exact) mass is 490 g/mol. The Balaban J connectivity index is 1.46. The van der Waals surface area contributed by atoms with E-state index in [1.165, 1.54) is 18.5 Å². The minimum atomic E-state index is -1.13. The molecule has 1 aliphatic heterocycles. The van der Waals surface area contributed by atoms with Gasteiger partial charge in [-0.2, -0.15) is 4.39 Å². The lowest BCUT2D eigenvalue weighted by atomic mass is 10.1. The van der Waals surface area contributed by atoms with E-state index < -0.39 is 47.0 Å². The van der Waals surface area contributed by atoms with E-state index in [1.54, 1.807) is 32.9 Å². The topological polar surface area (TPSA) is 101 Å². The molecule has 11 heteroatoms. The van der Waals surface area contributed by atoms with Gasteiger partial charge in [-0.05, 0) is 32.4 Å². The zero-order valence-corrected chi connectivity index (χ0v) is 19.3. The van der Waals surface area contributed by atoms with Crippen LogP contribution in [0.2, 0.25) is 5.02 Å². The van der Waals surface area contributed by atoms with Crippen molar-refractivity contribution in [1.82, 2.24) is 14.5 Å². The highest BCUT2D eigenvalue weighted by atomic mass is 35.5. The third-order valence-corrected chi connectivity index (χ3v) is 6.28. The number of nitrogens with two attached hydrogens (primary N) is 1. The number of ether oxygens (including phenoxy) is 3. The molecular weight excluding hydrogens is 470 g/mol. The van der Waals surface area contributed by atoms with Crippen molar-refractivity contribution >= 4 is 28.3 Å². The third-order valence-electron chi connectivity index (χ3n) is 5.90. The number of hydrogen-bond acceptors (Lipinski definition) is 7. The van der Waals surface area contributed by atoms with Gasteiger partial charge in [0.05, 0.1) is 22.3 Å². The Morgan fingerprint density at radius 2 is 2.03 bits per heavy atom. The fraction of sp³-hybridized carbons (Fsp3) is 0.348. The molecule has 1 aromatic carbocycles. The van der Waals surface area contributed by atoms with Crippen LogP contribution < -0.4 is 16.0 Å². The van der Waals surface area contributed by atoms with Crippen LogP contribution in [-0.4, -0.2) is 39.1 Å². The standard InChI is InChI=1S/C23H21ClF2N4O4/c1-10-14(24)7-13-15(25)5-12(6-16(13)29-10)32-8-11-4-17(20-19(11)33-23(2,3)34-20)30-9-28-21(27)18(26)22(30)31/h4-7,9,17,19-20H,8,27H2,1-3H3/t17-,19-,20+/m1/s1. The van der Waals surface area contributed by atoms with E-state index in [0.717, 1.165) is 4.57 Å². The highest BCUT2D eigenvalue weighted by Crippen LogP contribution is 2.43. The summed E-state index contributed by atoms with van der Waals surface area (Å²) in [6.45, 7) is 5.23. The molecule has 0 saturated carbocycles. The highest BCUT2D eigenvalue weighted by molar-refractivity contribution is 6.31. The van der Waals surface area contributed by atoms with Gasteiger partial charge in [-0.1, -0.05) is 17.7 Å². The molecule has 5 rings (SSSR count). The van der Waals surface area contributed by atoms with Crippen molar-refractivity contribution < 1.29 is 23.0 Å². The van der Waals surface area contributed by atoms with Gasteiger partial charge in [0.2, 0.25) is 5.82 Å². The number of benzene rings is 1. The second kappa shape index (κ2) is 8.00. The molecule has 1 aliphatic carbocycles. The van der Waals surface area contributed by atoms with Crippen molar-refractivity contribution in [3.8, 4) is 5.75 Å². The smallest absolute Gasteiger partial charge is 0.292 e. The summed E-state index contributed by atoms with van der Waals surface area (Å²) >= 11 is 6.06. The van der Waals surface area contributed by atoms with Crippen LogP contribution in [0.4, 0.5) is 14.6 Å². The minimum absolute atomic E-state index is 0.0221. The summed E-state index contributed by atoms with van der Waals surface area (Å²) in [5.41, 5.74) is 6.13. The number of hydrogen-bond donors (Lipinski definition) is 1. The van der Waals surface area contributed by atoms with Crippen LogP contribution in [0.25, 0.3) is 10.9 Å². The maximum atomic E-state index is 14.6. The fourth-order valence-corrected chi connectivity index (χ4v) is 4.45. The number of nitrogens with zero attached hydrogens (tertiary/aromatic N) is 3. The molecule has 0 unspecified atom stereocenters. The van der Waals surface area contributed by atoms with Crippen molar-refractivity contribution in [2.75, 3.05) is 12.3 Å². The second-order valence-electron chi connectivity index (χ2n) is 8.73. The summed E-state index contributed by atoms with van der Waals surface area (Å²) in [6, 6.07) is 3.70. The molecular formula is C23H21ClF2N4O4. The van der Waals surface area contributed by atoms with Crippen molar-refractivity contribution in [2.45, 2.75) is 44.8 Å². The molecule has 2 aromatic heterocycles. The number of pyridine rings is 1. The number of aryl methyl sites for hydroxylation is 1. The van der Waals surface area contributed by atoms with E-state index in [9.17, 15) is 13.6 Å². The van der Waals surface area contributed by atoms with Crippen molar-refractivity contribution in [3.63, 3.8) is 0 Å². The molecule has 34 heavy (non-hydrogen) atoms. The van der Waals surface area contributed by atoms with E-state index in [1.807, 2.05) is 0 Å². The maximum absolute atomic E-state index is 14.6. The predicted octanol–water partition coefficient (Wildman–Crippen LogP) is 3.69. The van der Waals surface area contributed by atoms with Crippen LogP contribution in [0.1, 0.15) is 25.6 Å². The lowest BCUT2D eigenvalue weighted by Gasteiger charge is -2.22. The molecule has 3 atom stereocenters. The third kappa shape index (κ3) is 3.81. The SMILES string of the molecule is Cc1nc2cc(OCC3=C[C@@H](n4cnc(N)c(F)c4=O)[C@@H]4OC(C)(C)O[C@H]34)cc(F)c2cc1Cl. The molecule has 178 valence electrons. The van der Waals surface area contributed by atoms with Crippen LogP contribution in [0.3, 0.4) is 0 Å². The second-order valence-corrected chi connectivity index (χ2v) is 9.13. The molecule has 3 heterocycles. The normalized spacial score (nSPS) is 23.2. The number of nitrogen functional groups attached to an aromatic ring is 1. The Morgan fingerprint density at radius 3 is 2.79 bits per heavy atom. The zero-order valence-electron chi connectivity index (χ0n) is 18.5. The van der Waals surface area contributed by atoms with Crippen LogP contribution in [0.5, 0.6) is 5.75 Å². The largest absolute Gasteiger partial charge is 0.489 e. The summed E-state index contributed by atoms with van der Waals surface area (Å²) in [5, 5.41) is 0.660. The predicted molar refractivity (Wildman–Crippen MR) is 121 cm³/mol. The summed E-state index contributed by atoms with van der Waals surface area (Å²) in [4.78, 5) is 20.6. The minimum Gasteiger partial charge on any atom is -0.489 e. The lowest BCUT2D eigenvalue weighted by molar-refractivity contribution is -0.148. The van der Waals surface area contributed by atoms with Crippen molar-refractivity contribution in [3.05, 3.63) is 68.9 Å². The van der Waals surface area contributed by atoms with Gasteiger partial charge in [0.25, 0.3) is 5.56 Å². The first-order chi connectivity index (χ1) is 16.0. The molecule has 0 bridgehead atoms. The van der Waals surface area contributed by atoms with E-state index >= 15 is 0 Å². The number of anilines is 1. The Hall–Kier alpha value is -3.08. The molecule has 0 spiro atoms. The van der Waals surface area contributed by atoms with Gasteiger partial charge in [0.1, 0.15) is 36.7 Å². The van der Waals surface area contributed by atoms with Crippen LogP contribution in [0.15, 0.2) is 41.0 Å². The van der Waals surface area contributed by atoms with Gasteiger partial charge in [0, 0.05) is 17.5 Å². The Kier molecular flexibility index (Phi) is 5.34. The average molecular weight is 491 g/mol. The van der Waals surface area contributed by atoms with Crippen LogP contribution >= 0.6 is 11.6 Å². The van der Waals surface area contributed by atoms with E-state index in [0.29, 0.717) is 21.8 Å². The van der Waals surface area contributed by atoms with Crippen LogP contribution in [0, 0.1) is 18.6 Å². The van der Waals surface area contributed by atoms with Gasteiger partial charge in [0.15, 0.2) is 11.6 Å². The lowest BCUT2D eigenvalue weighted by Crippen LogP contribution is -2.35. The molecule has 8 nitrogen and oxygen atoms in total. The van der Waals surface area contributed by atoms with Gasteiger partial charge >= 0.3 is 0 Å². The summed E-state index contributed by atoms with van der Waals surface area (Å²) < 4.78 is 47.8. The van der Waals surface area contributed by atoms with Crippen molar-refractivity contribution in [2.24, 2.45) is 0 Å². The summed E-state index contributed by atoms with van der Waals surface area (Å²) in [6.07, 6.45) is 1.71. The quantitative estimate of drug-likeness (QED) is 0.556. The average Bonchev–Trinajstić information content (AvgIpc) is 3.25. The number of halogens is 3. The van der Waals surface area contributed by atoms with Gasteiger partial charge in [-0.25, -0.2) is 9.37 Å². The molecule has 3 aromatic rings. The van der Waals surface area contributed by atoms with E-state index in [2.05, 4.69) is 9.97 Å². The van der Waals surface area contributed by atoms with Gasteiger partial charge in [-0.15, -0.1) is 0 Å². The first kappa shape index (κ1) is 22.7. The summed E-state index contributed by atoms with van der Waals surface area (Å²) in [7, 11) is 0. The van der Waals surface area contributed by atoms with Gasteiger partial charge in [-0.3, -0.25) is 14.3 Å².